The molecule has 302 valence electrons. The minimum absolute atomic E-state index is 0. The van der Waals surface area contributed by atoms with Gasteiger partial charge in [-0.1, -0.05) is 83.4 Å². The topological polar surface area (TPSA) is 171 Å². The lowest BCUT2D eigenvalue weighted by atomic mass is 10.0. The number of nitrogen functional groups attached to an aromatic ring is 2. The highest BCUT2D eigenvalue weighted by Crippen LogP contribution is 2.31. The van der Waals surface area contributed by atoms with Crippen LogP contribution in [-0.2, 0) is 54.9 Å². The van der Waals surface area contributed by atoms with Crippen LogP contribution in [0.5, 0.6) is 0 Å². The van der Waals surface area contributed by atoms with Crippen LogP contribution < -0.4 is 21.3 Å². The van der Waals surface area contributed by atoms with Gasteiger partial charge in [-0.25, -0.2) is 19.9 Å². The Labute approximate surface area is 338 Å². The number of hydrogen-bond acceptors (Lipinski definition) is 12. The van der Waals surface area contributed by atoms with E-state index >= 15 is 0 Å². The van der Waals surface area contributed by atoms with Crippen LogP contribution in [0.25, 0.3) is 0 Å². The van der Waals surface area contributed by atoms with Crippen LogP contribution in [-0.4, -0.2) is 62.6 Å². The molecule has 5 heterocycles. The molecule has 3 aliphatic heterocycles. The molecule has 0 amide bonds. The van der Waals surface area contributed by atoms with Crippen LogP contribution in [0, 0.1) is 11.3 Å². The van der Waals surface area contributed by atoms with Gasteiger partial charge in [0, 0.05) is 56.4 Å². The van der Waals surface area contributed by atoms with E-state index in [1.807, 2.05) is 23.1 Å². The normalized spacial score (nSPS) is 15.0. The molecule has 0 spiro atoms. The summed E-state index contributed by atoms with van der Waals surface area (Å²) < 4.78 is 0. The Hall–Kier alpha value is -5.41. The minimum Gasteiger partial charge on any atom is -0.383 e. The van der Waals surface area contributed by atoms with Gasteiger partial charge in [-0.3, -0.25) is 14.5 Å². The summed E-state index contributed by atoms with van der Waals surface area (Å²) in [4.78, 5) is 49.6. The number of aryl methyl sites for hydroxylation is 2. The fourth-order valence-electron chi connectivity index (χ4n) is 7.77. The summed E-state index contributed by atoms with van der Waals surface area (Å²) in [7, 11) is 0. The smallest absolute Gasteiger partial charge is 0.156 e. The molecule has 0 atom stereocenters. The Morgan fingerprint density at radius 2 is 1.14 bits per heavy atom. The van der Waals surface area contributed by atoms with Crippen LogP contribution in [0.3, 0.4) is 0 Å². The molecule has 57 heavy (non-hydrogen) atoms. The van der Waals surface area contributed by atoms with E-state index in [-0.39, 0.29) is 25.4 Å². The number of benzene rings is 2. The summed E-state index contributed by atoms with van der Waals surface area (Å²) in [6, 6.07) is 18.3. The maximum atomic E-state index is 12.4. The van der Waals surface area contributed by atoms with Gasteiger partial charge in [-0.15, -0.1) is 0 Å². The third kappa shape index (κ3) is 11.6. The first kappa shape index (κ1) is 42.7. The zero-order chi connectivity index (χ0) is 39.4. The van der Waals surface area contributed by atoms with Crippen molar-refractivity contribution in [2.75, 3.05) is 47.4 Å². The van der Waals surface area contributed by atoms with Crippen molar-refractivity contribution in [3.05, 3.63) is 93.6 Å². The van der Waals surface area contributed by atoms with E-state index in [1.54, 1.807) is 6.07 Å². The van der Waals surface area contributed by atoms with Crippen LogP contribution in [0.4, 0.5) is 23.3 Å². The number of anilines is 4. The average molecular weight is 773 g/mol. The second kappa shape index (κ2) is 20.7. The highest BCUT2D eigenvalue weighted by Gasteiger charge is 2.29. The van der Waals surface area contributed by atoms with Gasteiger partial charge in [-0.2, -0.15) is 5.26 Å². The summed E-state index contributed by atoms with van der Waals surface area (Å²) in [6.07, 6.45) is 11.5. The molecule has 0 aliphatic carbocycles. The van der Waals surface area contributed by atoms with Crippen molar-refractivity contribution < 1.29 is 9.59 Å². The number of hydrogen-bond donors (Lipinski definition) is 2. The molecule has 12 heteroatoms. The minimum atomic E-state index is 0. The molecule has 2 aromatic heterocycles. The van der Waals surface area contributed by atoms with Crippen molar-refractivity contribution in [3.63, 3.8) is 0 Å². The number of nitrogens with zero attached hydrogens (tertiary/aromatic N) is 8. The Bertz CT molecular complexity index is 2040. The van der Waals surface area contributed by atoms with Gasteiger partial charge in [0.15, 0.2) is 11.6 Å². The number of fused-ring (bicyclic) bond motifs is 2. The third-order valence-corrected chi connectivity index (χ3v) is 10.6. The molecular formula is C45H60N10O2. The van der Waals surface area contributed by atoms with Crippen LogP contribution in [0.1, 0.15) is 118 Å². The number of rotatable bonds is 14. The summed E-state index contributed by atoms with van der Waals surface area (Å²) in [6.45, 7) is 9.59. The highest BCUT2D eigenvalue weighted by molar-refractivity contribution is 5.91. The Kier molecular flexibility index (Phi) is 15.5. The van der Waals surface area contributed by atoms with E-state index in [9.17, 15) is 9.59 Å². The molecule has 0 radical (unpaired) electrons. The molecule has 2 aromatic carbocycles. The van der Waals surface area contributed by atoms with Gasteiger partial charge in [0.1, 0.15) is 34.9 Å². The monoisotopic (exact) mass is 772 g/mol. The van der Waals surface area contributed by atoms with Gasteiger partial charge < -0.3 is 21.3 Å². The lowest BCUT2D eigenvalue weighted by Gasteiger charge is -2.30. The lowest BCUT2D eigenvalue weighted by molar-refractivity contribution is -0.118. The second-order valence-electron chi connectivity index (χ2n) is 15.3. The van der Waals surface area contributed by atoms with E-state index in [4.69, 9.17) is 26.7 Å². The number of carbonyl (C=O) groups is 2. The summed E-state index contributed by atoms with van der Waals surface area (Å²) in [5.41, 5.74) is 18.0. The fraction of sp³-hybridized carbons (Fsp3) is 0.489. The zero-order valence-electron chi connectivity index (χ0n) is 33.1. The molecular weight excluding hydrogens is 713 g/mol. The number of Topliss-reactive ketones (excluding diaryl/α,β-unsaturated/α-hetero) is 2. The number of aromatic nitrogens is 4. The average Bonchev–Trinajstić information content (AvgIpc) is 3.69. The first-order valence-corrected chi connectivity index (χ1v) is 20.4. The van der Waals surface area contributed by atoms with Gasteiger partial charge in [0.2, 0.25) is 0 Å². The highest BCUT2D eigenvalue weighted by atomic mass is 16.1. The van der Waals surface area contributed by atoms with E-state index < -0.39 is 0 Å². The maximum absolute atomic E-state index is 12.4. The van der Waals surface area contributed by atoms with E-state index in [0.29, 0.717) is 49.8 Å². The van der Waals surface area contributed by atoms with Gasteiger partial charge >= 0.3 is 0 Å². The van der Waals surface area contributed by atoms with Crippen LogP contribution in [0.15, 0.2) is 48.5 Å². The first-order chi connectivity index (χ1) is 27.2. The molecule has 1 saturated heterocycles. The van der Waals surface area contributed by atoms with Crippen molar-refractivity contribution in [3.8, 4) is 6.07 Å². The molecule has 0 bridgehead atoms. The molecule has 12 nitrogen and oxygen atoms in total. The summed E-state index contributed by atoms with van der Waals surface area (Å²) >= 11 is 0. The second-order valence-corrected chi connectivity index (χ2v) is 15.3. The number of unbranched alkanes of at least 4 members (excludes halogenated alkanes) is 4. The van der Waals surface area contributed by atoms with Crippen molar-refractivity contribution in [2.24, 2.45) is 0 Å². The van der Waals surface area contributed by atoms with Crippen molar-refractivity contribution in [1.82, 2.24) is 24.8 Å². The molecule has 0 unspecified atom stereocenters. The largest absolute Gasteiger partial charge is 0.383 e. The predicted octanol–water partition coefficient (Wildman–Crippen LogP) is 6.95. The number of likely N-dealkylation sites (tertiary alicyclic amines) is 1. The lowest BCUT2D eigenvalue weighted by Crippen LogP contribution is -2.37. The predicted molar refractivity (Wildman–Crippen MR) is 228 cm³/mol. The third-order valence-electron chi connectivity index (χ3n) is 10.6. The quantitative estimate of drug-likeness (QED) is 0.127. The number of carbonyl (C=O) groups excluding carboxylic acids is 2. The number of nitrogens with two attached hydrogens (primary N) is 2. The fourth-order valence-corrected chi connectivity index (χ4v) is 7.77. The Morgan fingerprint density at radius 1 is 0.667 bits per heavy atom. The van der Waals surface area contributed by atoms with E-state index in [2.05, 4.69) is 63.9 Å². The van der Waals surface area contributed by atoms with Crippen LogP contribution >= 0.6 is 0 Å². The standard InChI is InChI=1S/C24H33N5O.C20H23N5O.CH4/c1-2-3-4-10-22-26-23(25)21-14-20(30)17-29(24(21)27-22)16-19-9-7-8-18(13-19)15-28-11-5-6-12-28;1-2-3-4-8-18-23-19(22)17-10-16(26)13-25(20(17)24-18)12-15-7-5-6-14(9-15)11-21;/h7-9,13H,2-6,10-12,14-17H2,1H3,(H2,25,26,27);5-7,9H,2-4,8,10,12-13H2,1H3,(H2,22,23,24);1H4. The number of ketones is 2. The Morgan fingerprint density at radius 3 is 1.63 bits per heavy atom. The first-order valence-electron chi connectivity index (χ1n) is 20.4. The summed E-state index contributed by atoms with van der Waals surface area (Å²) in [5, 5.41) is 9.09. The van der Waals surface area contributed by atoms with E-state index in [1.165, 1.54) is 37.1 Å². The van der Waals surface area contributed by atoms with Gasteiger partial charge in [-0.05, 0) is 67.6 Å². The molecule has 7 rings (SSSR count). The molecule has 4 aromatic rings. The zero-order valence-corrected chi connectivity index (χ0v) is 33.1. The van der Waals surface area contributed by atoms with Crippen LogP contribution in [0.2, 0.25) is 0 Å². The van der Waals surface area contributed by atoms with Crippen molar-refractivity contribution in [2.45, 2.75) is 118 Å². The molecule has 1 fully saturated rings. The van der Waals surface area contributed by atoms with Gasteiger partial charge in [0.25, 0.3) is 0 Å². The summed E-state index contributed by atoms with van der Waals surface area (Å²) in [5.74, 6) is 4.27. The SMILES string of the molecule is C.CCCCCc1nc(N)c2c(n1)N(Cc1cccc(C#N)c1)CC(=O)C2.CCCCCc1nc(N)c2c(n1)N(Cc1cccc(CN3CCCC3)c1)CC(=O)C2. The van der Waals surface area contributed by atoms with E-state index in [0.717, 1.165) is 97.9 Å². The molecule has 0 saturated carbocycles. The Balaban J connectivity index is 0.000000216. The maximum Gasteiger partial charge on any atom is 0.156 e. The van der Waals surface area contributed by atoms with Crippen molar-refractivity contribution >= 4 is 34.8 Å². The number of nitriles is 1. The van der Waals surface area contributed by atoms with Crippen molar-refractivity contribution in [1.29, 1.82) is 5.26 Å². The molecule has 4 N–H and O–H groups in total. The molecule has 3 aliphatic rings. The van der Waals surface area contributed by atoms with Gasteiger partial charge in [0.05, 0.1) is 24.7 Å².